The van der Waals surface area contributed by atoms with E-state index in [1.165, 1.54) is 0 Å². The van der Waals surface area contributed by atoms with E-state index in [-0.39, 0.29) is 5.91 Å². The molecular formula is C20H20N4O. The number of carbonyl (C=O) groups excluding carboxylic acids is 1. The zero-order valence-corrected chi connectivity index (χ0v) is 14.3. The Hall–Kier alpha value is -3.21. The molecule has 0 saturated carbocycles. The topological polar surface area (TPSA) is 58.1 Å². The van der Waals surface area contributed by atoms with Gasteiger partial charge in [-0.1, -0.05) is 48.5 Å². The minimum atomic E-state index is -0.167. The van der Waals surface area contributed by atoms with Gasteiger partial charge in [-0.05, 0) is 30.7 Å². The summed E-state index contributed by atoms with van der Waals surface area (Å²) in [5, 5.41) is 3.18. The summed E-state index contributed by atoms with van der Waals surface area (Å²) in [5.41, 5.74) is 3.06. The molecule has 1 aromatic heterocycles. The molecular weight excluding hydrogens is 312 g/mol. The number of aryl methyl sites for hydroxylation is 1. The maximum Gasteiger partial charge on any atom is 0.276 e. The van der Waals surface area contributed by atoms with Crippen molar-refractivity contribution in [2.75, 3.05) is 17.3 Å². The number of hydrogen-bond acceptors (Lipinski definition) is 4. The third-order valence-corrected chi connectivity index (χ3v) is 3.81. The molecule has 0 unspecified atom stereocenters. The van der Waals surface area contributed by atoms with E-state index in [4.69, 9.17) is 0 Å². The Bertz CT molecular complexity index is 850. The van der Waals surface area contributed by atoms with Gasteiger partial charge in [-0.2, -0.15) is 0 Å². The number of carbonyl (C=O) groups is 1. The van der Waals surface area contributed by atoms with Crippen LogP contribution in [0.3, 0.4) is 0 Å². The number of nitrogens with one attached hydrogen (secondary N) is 1. The summed E-state index contributed by atoms with van der Waals surface area (Å²) >= 11 is 0. The number of rotatable bonds is 5. The van der Waals surface area contributed by atoms with E-state index in [1.807, 2.05) is 67.6 Å². The summed E-state index contributed by atoms with van der Waals surface area (Å²) in [7, 11) is 1.74. The molecule has 3 rings (SSSR count). The van der Waals surface area contributed by atoms with E-state index in [1.54, 1.807) is 18.0 Å². The molecule has 0 aliphatic rings. The average Bonchev–Trinajstić information content (AvgIpc) is 2.66. The molecule has 0 radical (unpaired) electrons. The van der Waals surface area contributed by atoms with Crippen molar-refractivity contribution in [2.24, 2.45) is 0 Å². The third-order valence-electron chi connectivity index (χ3n) is 3.81. The van der Waals surface area contributed by atoms with Gasteiger partial charge in [0, 0.05) is 25.0 Å². The van der Waals surface area contributed by atoms with Crippen LogP contribution in [-0.2, 0) is 6.54 Å². The van der Waals surface area contributed by atoms with Crippen molar-refractivity contribution in [3.63, 3.8) is 0 Å². The van der Waals surface area contributed by atoms with Gasteiger partial charge in [-0.3, -0.25) is 4.79 Å². The Morgan fingerprint density at radius 3 is 2.32 bits per heavy atom. The van der Waals surface area contributed by atoms with Crippen LogP contribution in [0.25, 0.3) is 0 Å². The highest BCUT2D eigenvalue weighted by molar-refractivity contribution is 6.04. The first-order valence-corrected chi connectivity index (χ1v) is 8.10. The van der Waals surface area contributed by atoms with Crippen molar-refractivity contribution in [1.82, 2.24) is 9.97 Å². The lowest BCUT2D eigenvalue weighted by molar-refractivity contribution is 0.0988. The molecule has 0 bridgehead atoms. The molecule has 126 valence electrons. The molecule has 0 aliphatic heterocycles. The summed E-state index contributed by atoms with van der Waals surface area (Å²) in [6.45, 7) is 2.46. The average molecular weight is 332 g/mol. The first kappa shape index (κ1) is 16.6. The zero-order chi connectivity index (χ0) is 17.6. The number of para-hydroxylation sites is 1. The molecule has 5 heteroatoms. The summed E-state index contributed by atoms with van der Waals surface area (Å²) in [4.78, 5) is 23.1. The molecule has 0 aliphatic carbocycles. The Morgan fingerprint density at radius 1 is 1.00 bits per heavy atom. The van der Waals surface area contributed by atoms with Crippen LogP contribution in [0.4, 0.5) is 11.6 Å². The van der Waals surface area contributed by atoms with Gasteiger partial charge in [0.05, 0.1) is 0 Å². The molecule has 1 heterocycles. The van der Waals surface area contributed by atoms with E-state index < -0.39 is 0 Å². The lowest BCUT2D eigenvalue weighted by atomic mass is 10.2. The summed E-state index contributed by atoms with van der Waals surface area (Å²) in [6, 6.07) is 21.2. The Balaban J connectivity index is 1.78. The number of aromatic nitrogens is 2. The van der Waals surface area contributed by atoms with Gasteiger partial charge in [0.1, 0.15) is 5.69 Å². The fraction of sp³-hybridized carbons (Fsp3) is 0.150. The van der Waals surface area contributed by atoms with Gasteiger partial charge in [0.15, 0.2) is 0 Å². The number of benzene rings is 2. The second-order valence-electron chi connectivity index (χ2n) is 5.76. The SMILES string of the molecule is Cc1cc(C(=O)N(C)c2ccccc2)nc(NCc2ccccc2)n1. The van der Waals surface area contributed by atoms with Gasteiger partial charge in [0.25, 0.3) is 5.91 Å². The summed E-state index contributed by atoms with van der Waals surface area (Å²) in [5.74, 6) is 0.285. The molecule has 5 nitrogen and oxygen atoms in total. The van der Waals surface area contributed by atoms with Gasteiger partial charge in [-0.25, -0.2) is 9.97 Å². The number of amides is 1. The lowest BCUT2D eigenvalue weighted by Crippen LogP contribution is -2.27. The highest BCUT2D eigenvalue weighted by Gasteiger charge is 2.16. The zero-order valence-electron chi connectivity index (χ0n) is 14.3. The minimum absolute atomic E-state index is 0.167. The van der Waals surface area contributed by atoms with E-state index in [9.17, 15) is 4.79 Å². The maximum atomic E-state index is 12.7. The van der Waals surface area contributed by atoms with E-state index in [0.717, 1.165) is 16.9 Å². The van der Waals surface area contributed by atoms with E-state index in [0.29, 0.717) is 18.2 Å². The van der Waals surface area contributed by atoms with Crippen LogP contribution in [-0.4, -0.2) is 22.9 Å². The Morgan fingerprint density at radius 2 is 1.64 bits per heavy atom. The predicted octanol–water partition coefficient (Wildman–Crippen LogP) is 3.67. The highest BCUT2D eigenvalue weighted by Crippen LogP contribution is 2.15. The normalized spacial score (nSPS) is 10.3. The molecule has 0 spiro atoms. The Kier molecular flexibility index (Phi) is 5.04. The molecule has 2 aromatic carbocycles. The summed E-state index contributed by atoms with van der Waals surface area (Å²) < 4.78 is 0. The largest absolute Gasteiger partial charge is 0.350 e. The fourth-order valence-corrected chi connectivity index (χ4v) is 2.47. The molecule has 0 atom stereocenters. The van der Waals surface area contributed by atoms with Crippen LogP contribution in [0.15, 0.2) is 66.7 Å². The third kappa shape index (κ3) is 4.20. The predicted molar refractivity (Wildman–Crippen MR) is 99.7 cm³/mol. The van der Waals surface area contributed by atoms with Gasteiger partial charge in [0.2, 0.25) is 5.95 Å². The second-order valence-corrected chi connectivity index (χ2v) is 5.76. The van der Waals surface area contributed by atoms with Crippen LogP contribution in [0, 0.1) is 6.92 Å². The molecule has 25 heavy (non-hydrogen) atoms. The smallest absolute Gasteiger partial charge is 0.276 e. The Labute approximate surface area is 147 Å². The minimum Gasteiger partial charge on any atom is -0.350 e. The van der Waals surface area contributed by atoms with Crippen molar-refractivity contribution in [2.45, 2.75) is 13.5 Å². The van der Waals surface area contributed by atoms with Gasteiger partial charge >= 0.3 is 0 Å². The maximum absolute atomic E-state index is 12.7. The van der Waals surface area contributed by atoms with Crippen molar-refractivity contribution < 1.29 is 4.79 Å². The van der Waals surface area contributed by atoms with Crippen molar-refractivity contribution in [3.8, 4) is 0 Å². The van der Waals surface area contributed by atoms with E-state index >= 15 is 0 Å². The first-order valence-electron chi connectivity index (χ1n) is 8.10. The second kappa shape index (κ2) is 7.57. The lowest BCUT2D eigenvalue weighted by Gasteiger charge is -2.17. The standard InChI is InChI=1S/C20H20N4O/c1-15-13-18(19(25)24(2)17-11-7-4-8-12-17)23-20(22-15)21-14-16-9-5-3-6-10-16/h3-13H,14H2,1-2H3,(H,21,22,23). The number of nitrogens with zero attached hydrogens (tertiary/aromatic N) is 3. The van der Waals surface area contributed by atoms with Gasteiger partial charge < -0.3 is 10.2 Å². The molecule has 0 saturated heterocycles. The van der Waals surface area contributed by atoms with Crippen LogP contribution in [0.1, 0.15) is 21.7 Å². The van der Waals surface area contributed by atoms with Crippen molar-refractivity contribution in [1.29, 1.82) is 0 Å². The van der Waals surface area contributed by atoms with E-state index in [2.05, 4.69) is 15.3 Å². The van der Waals surface area contributed by atoms with Gasteiger partial charge in [-0.15, -0.1) is 0 Å². The first-order chi connectivity index (χ1) is 12.1. The summed E-state index contributed by atoms with van der Waals surface area (Å²) in [6.07, 6.45) is 0. The van der Waals surface area contributed by atoms with Crippen molar-refractivity contribution in [3.05, 3.63) is 83.7 Å². The van der Waals surface area contributed by atoms with Crippen molar-refractivity contribution >= 4 is 17.5 Å². The number of anilines is 2. The molecule has 1 amide bonds. The highest BCUT2D eigenvalue weighted by atomic mass is 16.2. The fourth-order valence-electron chi connectivity index (χ4n) is 2.47. The number of hydrogen-bond donors (Lipinski definition) is 1. The monoisotopic (exact) mass is 332 g/mol. The molecule has 0 fully saturated rings. The quantitative estimate of drug-likeness (QED) is 0.774. The molecule has 3 aromatic rings. The van der Waals surface area contributed by atoms with Crippen LogP contribution in [0.5, 0.6) is 0 Å². The van der Waals surface area contributed by atoms with Crippen LogP contribution in [0.2, 0.25) is 0 Å². The molecule has 1 N–H and O–H groups in total. The van der Waals surface area contributed by atoms with Crippen LogP contribution >= 0.6 is 0 Å². The van der Waals surface area contributed by atoms with Crippen LogP contribution < -0.4 is 10.2 Å².